The summed E-state index contributed by atoms with van der Waals surface area (Å²) in [7, 11) is 0. The van der Waals surface area contributed by atoms with Crippen molar-refractivity contribution in [1.82, 2.24) is 20.2 Å². The first-order chi connectivity index (χ1) is 23.3. The van der Waals surface area contributed by atoms with E-state index in [2.05, 4.69) is 20.1 Å². The van der Waals surface area contributed by atoms with E-state index in [0.717, 1.165) is 50.9 Å². The van der Waals surface area contributed by atoms with Gasteiger partial charge < -0.3 is 24.8 Å². The van der Waals surface area contributed by atoms with E-state index >= 15 is 8.78 Å². The van der Waals surface area contributed by atoms with Crippen LogP contribution in [0.1, 0.15) is 44.6 Å². The van der Waals surface area contributed by atoms with Gasteiger partial charge in [0.05, 0.1) is 22.5 Å². The molecule has 5 aliphatic heterocycles. The number of benzene rings is 3. The number of phenolic OH excluding ortho intramolecular Hbond substituents is 1. The summed E-state index contributed by atoms with van der Waals surface area (Å²) in [6.07, 6.45) is 3.90. The Labute approximate surface area is 277 Å². The molecule has 11 heteroatoms. The third-order valence-electron chi connectivity index (χ3n) is 11.7. The monoisotopic (exact) mass is 659 g/mol. The van der Waals surface area contributed by atoms with Crippen LogP contribution in [-0.4, -0.2) is 83.7 Å². The third-order valence-corrected chi connectivity index (χ3v) is 11.7. The van der Waals surface area contributed by atoms with Crippen molar-refractivity contribution in [2.24, 2.45) is 11.8 Å². The minimum absolute atomic E-state index is 0.00774. The SMILES string of the molecule is CCc1cccc2cc(O)cc(-c3c(F)c4c5c(nc(OC[C@@]67CCCN6C[C@H](F)C7)nc5c3F)N3CC5CCC(CNC5)C3CO4)c12. The van der Waals surface area contributed by atoms with E-state index in [-0.39, 0.29) is 64.7 Å². The van der Waals surface area contributed by atoms with Crippen LogP contribution in [0.25, 0.3) is 32.8 Å². The van der Waals surface area contributed by atoms with Gasteiger partial charge in [0.2, 0.25) is 0 Å². The Balaban J connectivity index is 1.27. The van der Waals surface area contributed by atoms with Crippen molar-refractivity contribution < 1.29 is 27.8 Å². The molecule has 4 aromatic rings. The predicted molar refractivity (Wildman–Crippen MR) is 178 cm³/mol. The highest BCUT2D eigenvalue weighted by molar-refractivity contribution is 6.05. The van der Waals surface area contributed by atoms with Crippen LogP contribution in [0, 0.1) is 23.5 Å². The van der Waals surface area contributed by atoms with E-state index in [1.807, 2.05) is 25.1 Å². The lowest BCUT2D eigenvalue weighted by Crippen LogP contribution is -2.50. The second kappa shape index (κ2) is 11.4. The van der Waals surface area contributed by atoms with Crippen LogP contribution < -0.4 is 19.7 Å². The molecule has 0 amide bonds. The van der Waals surface area contributed by atoms with Crippen LogP contribution in [0.4, 0.5) is 19.0 Å². The molecule has 0 spiro atoms. The van der Waals surface area contributed by atoms with Gasteiger partial charge in [0, 0.05) is 26.1 Å². The Kier molecular flexibility index (Phi) is 7.16. The minimum atomic E-state index is -0.922. The molecule has 5 aliphatic rings. The van der Waals surface area contributed by atoms with Gasteiger partial charge in [0.15, 0.2) is 17.4 Å². The highest BCUT2D eigenvalue weighted by atomic mass is 19.1. The molecule has 2 bridgehead atoms. The second-order valence-electron chi connectivity index (χ2n) is 14.5. The number of alkyl halides is 1. The first-order valence-corrected chi connectivity index (χ1v) is 17.4. The van der Waals surface area contributed by atoms with Crippen LogP contribution in [0.2, 0.25) is 0 Å². The molecule has 0 saturated carbocycles. The normalized spacial score (nSPS) is 28.2. The standard InChI is InChI=1S/C37H40F3N5O3/c1-2-21-5-3-6-22-11-25(46)12-26(28(21)22)29-31(39)33-30-34(32(29)40)47-18-27-23-8-7-20(14-41-15-23)16-45(27)35(30)43-36(42-33)48-19-37-9-4-10-44(37)17-24(38)13-37/h3,5-6,11-12,20,23-24,27,41,46H,2,4,7-10,13-19H2,1H3/t20?,23?,24-,27?,37+/m1/s1. The van der Waals surface area contributed by atoms with Crippen LogP contribution in [-0.2, 0) is 6.42 Å². The highest BCUT2D eigenvalue weighted by Crippen LogP contribution is 2.49. The Bertz CT molecular complexity index is 1940. The number of hydrogen-bond donors (Lipinski definition) is 2. The molecule has 2 N–H and O–H groups in total. The van der Waals surface area contributed by atoms with Gasteiger partial charge in [-0.05, 0) is 91.1 Å². The lowest BCUT2D eigenvalue weighted by molar-refractivity contribution is 0.107. The molecular formula is C37H40F3N5O3. The Morgan fingerprint density at radius 3 is 2.88 bits per heavy atom. The van der Waals surface area contributed by atoms with Gasteiger partial charge in [-0.25, -0.2) is 13.2 Å². The topological polar surface area (TPSA) is 83.0 Å². The molecule has 0 radical (unpaired) electrons. The number of rotatable bonds is 5. The van der Waals surface area contributed by atoms with Gasteiger partial charge in [0.25, 0.3) is 0 Å². The fourth-order valence-electron chi connectivity index (χ4n) is 9.43. The zero-order valence-electron chi connectivity index (χ0n) is 27.1. The quantitative estimate of drug-likeness (QED) is 0.264. The number of hydrogen-bond acceptors (Lipinski definition) is 8. The number of halogens is 3. The van der Waals surface area contributed by atoms with Crippen molar-refractivity contribution in [3.05, 3.63) is 47.5 Å². The molecule has 6 heterocycles. The van der Waals surface area contributed by atoms with Gasteiger partial charge in [0.1, 0.15) is 36.5 Å². The smallest absolute Gasteiger partial charge is 0.319 e. The summed E-state index contributed by atoms with van der Waals surface area (Å²) < 4.78 is 61.7. The predicted octanol–water partition coefficient (Wildman–Crippen LogP) is 6.15. The molecule has 5 atom stereocenters. The summed E-state index contributed by atoms with van der Waals surface area (Å²) in [5, 5.41) is 15.9. The first-order valence-electron chi connectivity index (χ1n) is 17.4. The van der Waals surface area contributed by atoms with E-state index in [1.54, 1.807) is 6.07 Å². The van der Waals surface area contributed by atoms with Crippen molar-refractivity contribution in [1.29, 1.82) is 0 Å². The summed E-state index contributed by atoms with van der Waals surface area (Å²) in [6.45, 7) is 5.90. The Morgan fingerprint density at radius 2 is 2.00 bits per heavy atom. The molecule has 9 rings (SSSR count). The zero-order valence-corrected chi connectivity index (χ0v) is 27.1. The van der Waals surface area contributed by atoms with E-state index < -0.39 is 23.3 Å². The molecular weight excluding hydrogens is 619 g/mol. The maximum atomic E-state index is 17.3. The second-order valence-corrected chi connectivity index (χ2v) is 14.5. The van der Waals surface area contributed by atoms with Gasteiger partial charge in [-0.3, -0.25) is 4.90 Å². The fourth-order valence-corrected chi connectivity index (χ4v) is 9.43. The fraction of sp³-hybridized carbons (Fsp3) is 0.514. The van der Waals surface area contributed by atoms with Crippen molar-refractivity contribution >= 4 is 27.5 Å². The number of ether oxygens (including phenoxy) is 2. The first kappa shape index (κ1) is 30.2. The van der Waals surface area contributed by atoms with E-state index in [1.165, 1.54) is 6.07 Å². The molecule has 4 fully saturated rings. The van der Waals surface area contributed by atoms with Crippen molar-refractivity contribution in [2.45, 2.75) is 63.2 Å². The average Bonchev–Trinajstić information content (AvgIpc) is 3.33. The van der Waals surface area contributed by atoms with Crippen molar-refractivity contribution in [2.75, 3.05) is 50.8 Å². The summed E-state index contributed by atoms with van der Waals surface area (Å²) in [5.74, 6) is -0.900. The lowest BCUT2D eigenvalue weighted by atomic mass is 9.91. The van der Waals surface area contributed by atoms with E-state index in [9.17, 15) is 9.50 Å². The number of anilines is 1. The van der Waals surface area contributed by atoms with Gasteiger partial charge in [-0.2, -0.15) is 9.97 Å². The van der Waals surface area contributed by atoms with E-state index in [0.29, 0.717) is 48.4 Å². The minimum Gasteiger partial charge on any atom is -0.508 e. The van der Waals surface area contributed by atoms with Crippen LogP contribution in [0.3, 0.4) is 0 Å². The number of nitrogens with one attached hydrogen (secondary N) is 1. The Morgan fingerprint density at radius 1 is 1.10 bits per heavy atom. The van der Waals surface area contributed by atoms with Crippen molar-refractivity contribution in [3.63, 3.8) is 0 Å². The van der Waals surface area contributed by atoms with Crippen LogP contribution in [0.5, 0.6) is 17.5 Å². The third kappa shape index (κ3) is 4.64. The average molecular weight is 660 g/mol. The van der Waals surface area contributed by atoms with Gasteiger partial charge >= 0.3 is 6.01 Å². The molecule has 48 heavy (non-hydrogen) atoms. The molecule has 252 valence electrons. The molecule has 3 unspecified atom stereocenters. The number of nitrogens with zero attached hydrogens (tertiary/aromatic N) is 4. The van der Waals surface area contributed by atoms with Gasteiger partial charge in [-0.15, -0.1) is 0 Å². The molecule has 4 saturated heterocycles. The molecule has 3 aromatic carbocycles. The van der Waals surface area contributed by atoms with E-state index in [4.69, 9.17) is 14.5 Å². The number of aromatic nitrogens is 2. The lowest BCUT2D eigenvalue weighted by Gasteiger charge is -2.37. The highest BCUT2D eigenvalue weighted by Gasteiger charge is 2.49. The maximum Gasteiger partial charge on any atom is 0.319 e. The maximum absolute atomic E-state index is 17.3. The van der Waals surface area contributed by atoms with Crippen LogP contribution >= 0.6 is 0 Å². The Hall–Kier alpha value is -3.83. The van der Waals surface area contributed by atoms with Crippen LogP contribution in [0.15, 0.2) is 30.3 Å². The number of aromatic hydroxyl groups is 1. The molecule has 1 aromatic heterocycles. The largest absolute Gasteiger partial charge is 0.508 e. The number of phenols is 1. The van der Waals surface area contributed by atoms with Gasteiger partial charge in [-0.1, -0.05) is 25.1 Å². The zero-order chi connectivity index (χ0) is 32.7. The summed E-state index contributed by atoms with van der Waals surface area (Å²) >= 11 is 0. The summed E-state index contributed by atoms with van der Waals surface area (Å²) in [6, 6.07) is 8.54. The number of aryl methyl sites for hydroxylation is 1. The number of fused-ring (bicyclic) bond motifs is 8. The van der Waals surface area contributed by atoms with Crippen molar-refractivity contribution in [3.8, 4) is 28.6 Å². The summed E-state index contributed by atoms with van der Waals surface area (Å²) in [5.41, 5.74) is 0.301. The summed E-state index contributed by atoms with van der Waals surface area (Å²) in [4.78, 5) is 13.9. The molecule has 8 nitrogen and oxygen atoms in total. The molecule has 0 aliphatic carbocycles.